The van der Waals surface area contributed by atoms with Gasteiger partial charge in [-0.25, -0.2) is 0 Å². The van der Waals surface area contributed by atoms with E-state index in [1.165, 1.54) is 12.1 Å². The zero-order valence-electron chi connectivity index (χ0n) is 15.9. The Morgan fingerprint density at radius 3 is 2.27 bits per heavy atom. The summed E-state index contributed by atoms with van der Waals surface area (Å²) in [5.41, 5.74) is 2.98. The van der Waals surface area contributed by atoms with Crippen molar-refractivity contribution >= 4 is 11.6 Å². The average Bonchev–Trinajstić information content (AvgIpc) is 3.19. The van der Waals surface area contributed by atoms with Gasteiger partial charge in [0.25, 0.3) is 0 Å². The van der Waals surface area contributed by atoms with E-state index in [-0.39, 0.29) is 29.8 Å². The Bertz CT molecular complexity index is 1070. The Morgan fingerprint density at radius 2 is 1.63 bits per heavy atom. The Hall–Kier alpha value is -3.35. The molecule has 4 rings (SSSR count). The first-order valence-electron chi connectivity index (χ1n) is 9.48. The summed E-state index contributed by atoms with van der Waals surface area (Å²) in [4.78, 5) is 24.7. The maximum absolute atomic E-state index is 12.8. The summed E-state index contributed by atoms with van der Waals surface area (Å²) in [6, 6.07) is 16.1. The van der Waals surface area contributed by atoms with Crippen molar-refractivity contribution in [2.45, 2.75) is 31.7 Å². The third kappa shape index (κ3) is 4.30. The van der Waals surface area contributed by atoms with Crippen LogP contribution in [0, 0.1) is 0 Å². The minimum Gasteiger partial charge on any atom is -0.406 e. The highest BCUT2D eigenvalue weighted by Crippen LogP contribution is 2.29. The molecule has 2 aromatic carbocycles. The summed E-state index contributed by atoms with van der Waals surface area (Å²) in [7, 11) is 0. The Morgan fingerprint density at radius 1 is 1.00 bits per heavy atom. The molecule has 2 heterocycles. The minimum absolute atomic E-state index is 0.0429. The Kier molecular flexibility index (Phi) is 5.20. The number of hydrogen-bond donors (Lipinski definition) is 0. The van der Waals surface area contributed by atoms with Crippen LogP contribution >= 0.6 is 0 Å². The van der Waals surface area contributed by atoms with Gasteiger partial charge in [-0.15, -0.1) is 13.2 Å². The lowest BCUT2D eigenvalue weighted by molar-refractivity contribution is -0.274. The number of aromatic nitrogens is 1. The smallest absolute Gasteiger partial charge is 0.406 e. The largest absolute Gasteiger partial charge is 0.573 e. The summed E-state index contributed by atoms with van der Waals surface area (Å²) in [5, 5.41) is 0. The fourth-order valence-electron chi connectivity index (χ4n) is 3.74. The molecule has 3 aromatic rings. The lowest BCUT2D eigenvalue weighted by atomic mass is 9.94. The molecule has 0 amide bonds. The number of rotatable bonds is 5. The molecule has 0 N–H and O–H groups in total. The van der Waals surface area contributed by atoms with E-state index in [2.05, 4.69) is 4.74 Å². The van der Waals surface area contributed by atoms with Crippen LogP contribution in [-0.2, 0) is 11.2 Å². The van der Waals surface area contributed by atoms with Gasteiger partial charge in [0.05, 0.1) is 11.7 Å². The van der Waals surface area contributed by atoms with Gasteiger partial charge in [-0.1, -0.05) is 36.4 Å². The molecule has 0 bridgehead atoms. The van der Waals surface area contributed by atoms with Crippen molar-refractivity contribution in [3.8, 4) is 16.9 Å². The number of carbonyl (C=O) groups is 2. The molecular formula is C23H18F3NO3. The molecule has 0 saturated carbocycles. The van der Waals surface area contributed by atoms with Crippen LogP contribution in [0.5, 0.6) is 5.75 Å². The van der Waals surface area contributed by atoms with Gasteiger partial charge < -0.3 is 9.30 Å². The molecule has 0 saturated heterocycles. The van der Waals surface area contributed by atoms with Crippen LogP contribution < -0.4 is 4.74 Å². The topological polar surface area (TPSA) is 48.3 Å². The highest BCUT2D eigenvalue weighted by Gasteiger charge is 2.31. The van der Waals surface area contributed by atoms with Gasteiger partial charge in [0, 0.05) is 19.0 Å². The third-order valence-electron chi connectivity index (χ3n) is 5.17. The normalized spacial score (nSPS) is 16.2. The lowest BCUT2D eigenvalue weighted by Crippen LogP contribution is -2.28. The van der Waals surface area contributed by atoms with Crippen LogP contribution in [0.15, 0.2) is 66.9 Å². The second-order valence-corrected chi connectivity index (χ2v) is 7.19. The standard InChI is InChI=1S/C23H18F3NO3/c24-23(25,26)30-18-9-7-17(8-10-18)16-5-3-15(4-6-16)14-22(29)20-11-12-21(28)19-2-1-13-27(19)20/h1-10,13,20H,11-12,14H2. The van der Waals surface area contributed by atoms with Gasteiger partial charge >= 0.3 is 6.36 Å². The number of carbonyl (C=O) groups excluding carboxylic acids is 2. The maximum Gasteiger partial charge on any atom is 0.573 e. The van der Waals surface area contributed by atoms with E-state index in [1.807, 2.05) is 24.3 Å². The first-order chi connectivity index (χ1) is 14.3. The van der Waals surface area contributed by atoms with Gasteiger partial charge in [-0.2, -0.15) is 0 Å². The second kappa shape index (κ2) is 7.82. The number of Topliss-reactive ketones (excluding diaryl/α,β-unsaturated/α-hetero) is 2. The maximum atomic E-state index is 12.8. The summed E-state index contributed by atoms with van der Waals surface area (Å²) >= 11 is 0. The number of halogens is 3. The van der Waals surface area contributed by atoms with E-state index in [0.29, 0.717) is 18.5 Å². The van der Waals surface area contributed by atoms with Crippen molar-refractivity contribution < 1.29 is 27.5 Å². The fraction of sp³-hybridized carbons (Fsp3) is 0.217. The van der Waals surface area contributed by atoms with Crippen LogP contribution in [0.1, 0.15) is 34.9 Å². The van der Waals surface area contributed by atoms with Gasteiger partial charge in [0.2, 0.25) is 0 Å². The molecular weight excluding hydrogens is 395 g/mol. The molecule has 1 aliphatic heterocycles. The monoisotopic (exact) mass is 413 g/mol. The summed E-state index contributed by atoms with van der Waals surface area (Å²) in [6.45, 7) is 0. The number of nitrogens with zero attached hydrogens (tertiary/aromatic N) is 1. The van der Waals surface area contributed by atoms with E-state index in [1.54, 1.807) is 35.0 Å². The first-order valence-corrected chi connectivity index (χ1v) is 9.48. The fourth-order valence-corrected chi connectivity index (χ4v) is 3.74. The third-order valence-corrected chi connectivity index (χ3v) is 5.17. The molecule has 0 fully saturated rings. The lowest BCUT2D eigenvalue weighted by Gasteiger charge is -2.24. The predicted molar refractivity (Wildman–Crippen MR) is 104 cm³/mol. The molecule has 1 aromatic heterocycles. The molecule has 0 spiro atoms. The summed E-state index contributed by atoms with van der Waals surface area (Å²) in [6.07, 6.45) is -1.83. The van der Waals surface area contributed by atoms with E-state index >= 15 is 0 Å². The van der Waals surface area contributed by atoms with Crippen LogP contribution in [0.25, 0.3) is 11.1 Å². The van der Waals surface area contributed by atoms with Crippen molar-refractivity contribution in [2.75, 3.05) is 0 Å². The summed E-state index contributed by atoms with van der Waals surface area (Å²) in [5.74, 6) is -0.176. The van der Waals surface area contributed by atoms with E-state index in [4.69, 9.17) is 0 Å². The van der Waals surface area contributed by atoms with Crippen molar-refractivity contribution in [2.24, 2.45) is 0 Å². The van der Waals surface area contributed by atoms with Crippen molar-refractivity contribution in [3.05, 3.63) is 78.1 Å². The number of alkyl halides is 3. The number of hydrogen-bond acceptors (Lipinski definition) is 3. The van der Waals surface area contributed by atoms with Crippen molar-refractivity contribution in [1.82, 2.24) is 4.57 Å². The molecule has 0 aliphatic carbocycles. The highest BCUT2D eigenvalue weighted by atomic mass is 19.4. The molecule has 30 heavy (non-hydrogen) atoms. The average molecular weight is 413 g/mol. The number of benzene rings is 2. The van der Waals surface area contributed by atoms with E-state index < -0.39 is 6.36 Å². The van der Waals surface area contributed by atoms with Crippen molar-refractivity contribution in [1.29, 1.82) is 0 Å². The number of ketones is 2. The zero-order chi connectivity index (χ0) is 21.3. The molecule has 1 unspecified atom stereocenters. The minimum atomic E-state index is -4.72. The molecule has 1 atom stereocenters. The Labute approximate surface area is 170 Å². The predicted octanol–water partition coefficient (Wildman–Crippen LogP) is 5.38. The zero-order valence-corrected chi connectivity index (χ0v) is 15.9. The van der Waals surface area contributed by atoms with Crippen LogP contribution in [-0.4, -0.2) is 22.5 Å². The second-order valence-electron chi connectivity index (χ2n) is 7.19. The Balaban J connectivity index is 1.44. The van der Waals surface area contributed by atoms with Crippen molar-refractivity contribution in [3.63, 3.8) is 0 Å². The number of fused-ring (bicyclic) bond motifs is 1. The molecule has 0 radical (unpaired) electrons. The van der Waals surface area contributed by atoms with E-state index in [0.717, 1.165) is 16.7 Å². The molecule has 7 heteroatoms. The molecule has 4 nitrogen and oxygen atoms in total. The van der Waals surface area contributed by atoms with Gasteiger partial charge in [0.15, 0.2) is 11.6 Å². The number of ether oxygens (including phenoxy) is 1. The van der Waals surface area contributed by atoms with Gasteiger partial charge in [-0.3, -0.25) is 9.59 Å². The molecule has 1 aliphatic rings. The van der Waals surface area contributed by atoms with Crippen LogP contribution in [0.4, 0.5) is 13.2 Å². The SMILES string of the molecule is O=C1CCC(C(=O)Cc2ccc(-c3ccc(OC(F)(F)F)cc3)cc2)n2cccc21. The first kappa shape index (κ1) is 19.9. The van der Waals surface area contributed by atoms with Gasteiger partial charge in [-0.05, 0) is 47.4 Å². The van der Waals surface area contributed by atoms with Crippen LogP contribution in [0.3, 0.4) is 0 Å². The summed E-state index contributed by atoms with van der Waals surface area (Å²) < 4.78 is 42.4. The highest BCUT2D eigenvalue weighted by molar-refractivity contribution is 5.97. The van der Waals surface area contributed by atoms with Crippen LogP contribution in [0.2, 0.25) is 0 Å². The molecule has 154 valence electrons. The van der Waals surface area contributed by atoms with E-state index in [9.17, 15) is 22.8 Å². The van der Waals surface area contributed by atoms with Gasteiger partial charge in [0.1, 0.15) is 5.75 Å². The quantitative estimate of drug-likeness (QED) is 0.564.